The average Bonchev–Trinajstić information content (AvgIpc) is 2.27. The summed E-state index contributed by atoms with van der Waals surface area (Å²) < 4.78 is 26.3. The van der Waals surface area contributed by atoms with Crippen molar-refractivity contribution >= 4 is 0 Å². The molecule has 0 aliphatic rings. The zero-order chi connectivity index (χ0) is 12.8. The summed E-state index contributed by atoms with van der Waals surface area (Å²) in [5.74, 6) is -0.0712. The summed E-state index contributed by atoms with van der Waals surface area (Å²) in [5.41, 5.74) is 0.390. The molecule has 17 heavy (non-hydrogen) atoms. The molecular weight excluding hydrogens is 220 g/mol. The molecule has 0 aliphatic heterocycles. The van der Waals surface area contributed by atoms with Crippen molar-refractivity contribution in [3.8, 4) is 0 Å². The summed E-state index contributed by atoms with van der Waals surface area (Å²) in [7, 11) is 0. The van der Waals surface area contributed by atoms with Gasteiger partial charge in [-0.05, 0) is 43.9 Å². The van der Waals surface area contributed by atoms with Crippen molar-refractivity contribution in [3.05, 3.63) is 35.4 Å². The minimum absolute atomic E-state index is 0.320. The van der Waals surface area contributed by atoms with Crippen molar-refractivity contribution in [3.63, 3.8) is 0 Å². The lowest BCUT2D eigenvalue weighted by Gasteiger charge is -2.15. The normalized spacial score (nSPS) is 13.1. The minimum Gasteiger partial charge on any atom is -0.310 e. The largest absolute Gasteiger partial charge is 0.310 e. The second-order valence-electron chi connectivity index (χ2n) is 4.99. The van der Waals surface area contributed by atoms with Gasteiger partial charge in [0, 0.05) is 18.2 Å². The number of hydrogen-bond acceptors (Lipinski definition) is 1. The number of benzene rings is 1. The molecule has 0 fully saturated rings. The Morgan fingerprint density at radius 2 is 1.82 bits per heavy atom. The quantitative estimate of drug-likeness (QED) is 0.797. The summed E-state index contributed by atoms with van der Waals surface area (Å²) in [5, 5.41) is 3.22. The van der Waals surface area contributed by atoms with Gasteiger partial charge in [0.05, 0.1) is 0 Å². The first-order valence-corrected chi connectivity index (χ1v) is 6.16. The second-order valence-corrected chi connectivity index (χ2v) is 4.99. The Labute approximate surface area is 102 Å². The molecule has 0 spiro atoms. The van der Waals surface area contributed by atoms with E-state index in [9.17, 15) is 8.78 Å². The molecule has 1 unspecified atom stereocenters. The van der Waals surface area contributed by atoms with E-state index in [-0.39, 0.29) is 5.82 Å². The summed E-state index contributed by atoms with van der Waals surface area (Å²) in [6.45, 7) is 6.81. The van der Waals surface area contributed by atoms with Gasteiger partial charge in [-0.3, -0.25) is 0 Å². The Kier molecular flexibility index (Phi) is 5.56. The lowest BCUT2D eigenvalue weighted by atomic mass is 10.0. The van der Waals surface area contributed by atoms with Crippen LogP contribution in [0.3, 0.4) is 0 Å². The highest BCUT2D eigenvalue weighted by molar-refractivity contribution is 5.18. The monoisotopic (exact) mass is 241 g/mol. The van der Waals surface area contributed by atoms with E-state index < -0.39 is 5.82 Å². The van der Waals surface area contributed by atoms with Gasteiger partial charge in [-0.2, -0.15) is 0 Å². The van der Waals surface area contributed by atoms with Crippen LogP contribution >= 0.6 is 0 Å². The average molecular weight is 241 g/mol. The molecule has 0 saturated heterocycles. The molecule has 0 aliphatic carbocycles. The molecule has 0 aromatic heterocycles. The van der Waals surface area contributed by atoms with Crippen LogP contribution in [0, 0.1) is 17.6 Å². The van der Waals surface area contributed by atoms with Gasteiger partial charge < -0.3 is 5.32 Å². The summed E-state index contributed by atoms with van der Waals surface area (Å²) >= 11 is 0. The van der Waals surface area contributed by atoms with Gasteiger partial charge in [0.1, 0.15) is 11.6 Å². The number of halogens is 2. The van der Waals surface area contributed by atoms with E-state index >= 15 is 0 Å². The van der Waals surface area contributed by atoms with Gasteiger partial charge in [0.2, 0.25) is 0 Å². The lowest BCUT2D eigenvalue weighted by molar-refractivity contribution is 0.445. The van der Waals surface area contributed by atoms with Gasteiger partial charge in [0.25, 0.3) is 0 Å². The molecule has 96 valence electrons. The first-order valence-electron chi connectivity index (χ1n) is 6.16. The molecule has 1 aromatic carbocycles. The fraction of sp³-hybridized carbons (Fsp3) is 0.571. The molecule has 1 nitrogen and oxygen atoms in total. The van der Waals surface area contributed by atoms with E-state index in [0.29, 0.717) is 24.1 Å². The molecule has 3 heteroatoms. The summed E-state index contributed by atoms with van der Waals surface area (Å²) in [6, 6.07) is 3.88. The zero-order valence-corrected chi connectivity index (χ0v) is 10.8. The van der Waals surface area contributed by atoms with Crippen molar-refractivity contribution in [1.29, 1.82) is 0 Å². The molecule has 1 rings (SSSR count). The van der Waals surface area contributed by atoms with Crippen LogP contribution in [0.5, 0.6) is 0 Å². The number of nitrogens with one attached hydrogen (secondary N) is 1. The topological polar surface area (TPSA) is 12.0 Å². The van der Waals surface area contributed by atoms with Crippen LogP contribution in [0.15, 0.2) is 18.2 Å². The maximum atomic E-state index is 13.3. The van der Waals surface area contributed by atoms with Gasteiger partial charge in [-0.25, -0.2) is 8.78 Å². The Morgan fingerprint density at radius 1 is 1.12 bits per heavy atom. The van der Waals surface area contributed by atoms with Crippen LogP contribution in [0.1, 0.15) is 39.2 Å². The molecule has 0 saturated carbocycles. The van der Waals surface area contributed by atoms with Gasteiger partial charge in [-0.1, -0.05) is 13.8 Å². The zero-order valence-electron chi connectivity index (χ0n) is 10.8. The van der Waals surface area contributed by atoms with Crippen molar-refractivity contribution < 1.29 is 8.78 Å². The Morgan fingerprint density at radius 3 is 2.47 bits per heavy atom. The highest BCUT2D eigenvalue weighted by Crippen LogP contribution is 2.11. The molecule has 1 N–H and O–H groups in total. The molecule has 1 aromatic rings. The van der Waals surface area contributed by atoms with Crippen LogP contribution in [0.4, 0.5) is 8.78 Å². The smallest absolute Gasteiger partial charge is 0.127 e. The Balaban J connectivity index is 2.41. The first-order chi connectivity index (χ1) is 7.99. The molecule has 0 amide bonds. The van der Waals surface area contributed by atoms with E-state index in [4.69, 9.17) is 0 Å². The van der Waals surface area contributed by atoms with Crippen LogP contribution in [0.2, 0.25) is 0 Å². The highest BCUT2D eigenvalue weighted by atomic mass is 19.1. The molecule has 0 bridgehead atoms. The SMILES string of the molecule is CC(C)CCC(C)NCc1cc(F)ccc1F. The number of hydrogen-bond donors (Lipinski definition) is 1. The van der Waals surface area contributed by atoms with Crippen LogP contribution in [0.25, 0.3) is 0 Å². The van der Waals surface area contributed by atoms with Crippen LogP contribution < -0.4 is 5.32 Å². The highest BCUT2D eigenvalue weighted by Gasteiger charge is 2.07. The van der Waals surface area contributed by atoms with Crippen molar-refractivity contribution in [1.82, 2.24) is 5.32 Å². The fourth-order valence-electron chi connectivity index (χ4n) is 1.65. The summed E-state index contributed by atoms with van der Waals surface area (Å²) in [6.07, 6.45) is 2.19. The third-order valence-electron chi connectivity index (χ3n) is 2.83. The first kappa shape index (κ1) is 14.1. The molecular formula is C14H21F2N. The standard InChI is InChI=1S/C14H21F2N/c1-10(2)4-5-11(3)17-9-12-8-13(15)6-7-14(12)16/h6-8,10-11,17H,4-5,9H2,1-3H3. The lowest BCUT2D eigenvalue weighted by Crippen LogP contribution is -2.26. The van der Waals surface area contributed by atoms with E-state index in [0.717, 1.165) is 18.9 Å². The van der Waals surface area contributed by atoms with E-state index in [1.54, 1.807) is 0 Å². The van der Waals surface area contributed by atoms with Crippen molar-refractivity contribution in [2.75, 3.05) is 0 Å². The molecule has 0 heterocycles. The fourth-order valence-corrected chi connectivity index (χ4v) is 1.65. The predicted octanol–water partition coefficient (Wildman–Crippen LogP) is 3.88. The second kappa shape index (κ2) is 6.70. The maximum absolute atomic E-state index is 13.3. The predicted molar refractivity (Wildman–Crippen MR) is 66.7 cm³/mol. The molecule has 0 radical (unpaired) electrons. The Hall–Kier alpha value is -0.960. The Bertz CT molecular complexity index is 350. The van der Waals surface area contributed by atoms with Crippen LogP contribution in [-0.2, 0) is 6.54 Å². The molecule has 1 atom stereocenters. The van der Waals surface area contributed by atoms with E-state index in [1.807, 2.05) is 0 Å². The minimum atomic E-state index is -0.391. The summed E-state index contributed by atoms with van der Waals surface area (Å²) in [4.78, 5) is 0. The number of rotatable bonds is 6. The maximum Gasteiger partial charge on any atom is 0.127 e. The van der Waals surface area contributed by atoms with Gasteiger partial charge in [0.15, 0.2) is 0 Å². The van der Waals surface area contributed by atoms with Crippen LogP contribution in [-0.4, -0.2) is 6.04 Å². The van der Waals surface area contributed by atoms with Crippen molar-refractivity contribution in [2.45, 2.75) is 46.2 Å². The van der Waals surface area contributed by atoms with Gasteiger partial charge >= 0.3 is 0 Å². The van der Waals surface area contributed by atoms with E-state index in [1.165, 1.54) is 12.1 Å². The van der Waals surface area contributed by atoms with E-state index in [2.05, 4.69) is 26.1 Å². The third kappa shape index (κ3) is 5.26. The van der Waals surface area contributed by atoms with Crippen molar-refractivity contribution in [2.24, 2.45) is 5.92 Å². The third-order valence-corrected chi connectivity index (χ3v) is 2.83. The van der Waals surface area contributed by atoms with Gasteiger partial charge in [-0.15, -0.1) is 0 Å².